The van der Waals surface area contributed by atoms with Crippen LogP contribution in [0.25, 0.3) is 0 Å². The predicted octanol–water partition coefficient (Wildman–Crippen LogP) is 2.14. The fourth-order valence-electron chi connectivity index (χ4n) is 2.17. The molecule has 3 atom stereocenters. The molecule has 5 heteroatoms. The number of nitrogens with zero attached hydrogens (tertiary/aromatic N) is 2. The second-order valence-corrected chi connectivity index (χ2v) is 7.23. The molecule has 1 aromatic heterocycles. The van der Waals surface area contributed by atoms with Gasteiger partial charge in [0.1, 0.15) is 5.76 Å². The molecule has 1 fully saturated rings. The van der Waals surface area contributed by atoms with Crippen LogP contribution in [0, 0.1) is 0 Å². The first-order valence-electron chi connectivity index (χ1n) is 6.55. The summed E-state index contributed by atoms with van der Waals surface area (Å²) >= 11 is 0. The van der Waals surface area contributed by atoms with Crippen LogP contribution in [-0.2, 0) is 17.3 Å². The summed E-state index contributed by atoms with van der Waals surface area (Å²) < 4.78 is 17.5. The highest BCUT2D eigenvalue weighted by atomic mass is 32.2. The predicted molar refractivity (Wildman–Crippen MR) is 72.9 cm³/mol. The molecule has 0 aliphatic carbocycles. The fraction of sp³-hybridized carbons (Fsp3) is 0.769. The van der Waals surface area contributed by atoms with E-state index in [1.54, 1.807) is 0 Å². The molecule has 18 heavy (non-hydrogen) atoms. The Bertz CT molecular complexity index is 430. The summed E-state index contributed by atoms with van der Waals surface area (Å²) in [6, 6.07) is 0.314. The quantitative estimate of drug-likeness (QED) is 0.844. The molecule has 0 N–H and O–H groups in total. The summed E-state index contributed by atoms with van der Waals surface area (Å²) in [5.74, 6) is 2.83. The SMILES string of the molecule is CC(C)c1cnc(CN2CC[S@](=O)[C@H](C)[C@@H]2C)o1. The van der Waals surface area contributed by atoms with E-state index in [-0.39, 0.29) is 5.25 Å². The Kier molecular flexibility index (Phi) is 4.22. The lowest BCUT2D eigenvalue weighted by atomic mass is 10.2. The first-order chi connectivity index (χ1) is 8.49. The maximum Gasteiger partial charge on any atom is 0.208 e. The normalized spacial score (nSPS) is 29.9. The molecular formula is C13H22N2O2S. The van der Waals surface area contributed by atoms with Crippen LogP contribution in [0.1, 0.15) is 45.3 Å². The van der Waals surface area contributed by atoms with Gasteiger partial charge in [-0.15, -0.1) is 0 Å². The van der Waals surface area contributed by atoms with Gasteiger partial charge in [0.2, 0.25) is 5.89 Å². The summed E-state index contributed by atoms with van der Waals surface area (Å²) in [7, 11) is -0.689. The molecule has 2 rings (SSSR count). The molecule has 0 saturated carbocycles. The van der Waals surface area contributed by atoms with Crippen molar-refractivity contribution in [2.24, 2.45) is 0 Å². The van der Waals surface area contributed by atoms with E-state index in [4.69, 9.17) is 4.42 Å². The number of hydrogen-bond donors (Lipinski definition) is 0. The summed E-state index contributed by atoms with van der Waals surface area (Å²) in [5.41, 5.74) is 0. The van der Waals surface area contributed by atoms with Crippen molar-refractivity contribution in [1.29, 1.82) is 0 Å². The molecule has 1 aliphatic heterocycles. The maximum absolute atomic E-state index is 11.7. The Labute approximate surface area is 111 Å². The van der Waals surface area contributed by atoms with E-state index in [1.807, 2.05) is 6.20 Å². The molecule has 4 nitrogen and oxygen atoms in total. The Morgan fingerprint density at radius 2 is 2.28 bits per heavy atom. The second kappa shape index (κ2) is 5.53. The number of hydrogen-bond acceptors (Lipinski definition) is 4. The standard InChI is InChI=1S/C13H22N2O2S/c1-9(2)12-7-14-13(17-12)8-15-5-6-18(16)11(4)10(15)3/h7,9-11H,5-6,8H2,1-4H3/t10-,11+,18-/m0/s1. The minimum atomic E-state index is -0.689. The first-order valence-corrected chi connectivity index (χ1v) is 7.93. The topological polar surface area (TPSA) is 46.3 Å². The van der Waals surface area contributed by atoms with Crippen molar-refractivity contribution in [2.75, 3.05) is 12.3 Å². The summed E-state index contributed by atoms with van der Waals surface area (Å²) in [4.78, 5) is 6.63. The van der Waals surface area contributed by atoms with Gasteiger partial charge in [-0.2, -0.15) is 0 Å². The van der Waals surface area contributed by atoms with Crippen LogP contribution in [0.3, 0.4) is 0 Å². The molecule has 0 radical (unpaired) electrons. The van der Waals surface area contributed by atoms with Crippen molar-refractivity contribution in [1.82, 2.24) is 9.88 Å². The lowest BCUT2D eigenvalue weighted by molar-refractivity contribution is 0.181. The van der Waals surface area contributed by atoms with Crippen molar-refractivity contribution >= 4 is 10.8 Å². The van der Waals surface area contributed by atoms with Crippen LogP contribution < -0.4 is 0 Å². The molecule has 0 aromatic carbocycles. The summed E-state index contributed by atoms with van der Waals surface area (Å²) in [6.07, 6.45) is 1.82. The average Bonchev–Trinajstić information content (AvgIpc) is 2.79. The smallest absolute Gasteiger partial charge is 0.208 e. The van der Waals surface area contributed by atoms with E-state index in [0.717, 1.165) is 30.5 Å². The van der Waals surface area contributed by atoms with Gasteiger partial charge in [-0.25, -0.2) is 4.98 Å². The molecule has 1 saturated heterocycles. The van der Waals surface area contributed by atoms with Crippen LogP contribution in [0.5, 0.6) is 0 Å². The minimum absolute atomic E-state index is 0.221. The van der Waals surface area contributed by atoms with Gasteiger partial charge in [-0.05, 0) is 13.8 Å². The highest BCUT2D eigenvalue weighted by Gasteiger charge is 2.30. The highest BCUT2D eigenvalue weighted by molar-refractivity contribution is 7.85. The van der Waals surface area contributed by atoms with E-state index in [0.29, 0.717) is 12.0 Å². The van der Waals surface area contributed by atoms with Crippen LogP contribution in [-0.4, -0.2) is 37.7 Å². The molecule has 1 aliphatic rings. The average molecular weight is 270 g/mol. The van der Waals surface area contributed by atoms with Crippen LogP contribution in [0.4, 0.5) is 0 Å². The van der Waals surface area contributed by atoms with Gasteiger partial charge in [-0.1, -0.05) is 13.8 Å². The third-order valence-corrected chi connectivity index (χ3v) is 5.54. The fourth-order valence-corrected chi connectivity index (χ4v) is 3.57. The Morgan fingerprint density at radius 3 is 2.89 bits per heavy atom. The van der Waals surface area contributed by atoms with Gasteiger partial charge in [0.05, 0.1) is 12.7 Å². The van der Waals surface area contributed by atoms with Gasteiger partial charge in [0, 0.05) is 40.3 Å². The largest absolute Gasteiger partial charge is 0.444 e. The maximum atomic E-state index is 11.7. The van der Waals surface area contributed by atoms with E-state index < -0.39 is 10.8 Å². The monoisotopic (exact) mass is 270 g/mol. The van der Waals surface area contributed by atoms with Crippen molar-refractivity contribution in [2.45, 2.75) is 51.4 Å². The number of rotatable bonds is 3. The molecule has 0 amide bonds. The van der Waals surface area contributed by atoms with Crippen molar-refractivity contribution in [3.63, 3.8) is 0 Å². The molecule has 0 unspecified atom stereocenters. The zero-order valence-corrected chi connectivity index (χ0v) is 12.4. The zero-order chi connectivity index (χ0) is 13.3. The Hall–Kier alpha value is -0.680. The molecule has 0 spiro atoms. The van der Waals surface area contributed by atoms with Crippen LogP contribution in [0.15, 0.2) is 10.6 Å². The lowest BCUT2D eigenvalue weighted by Crippen LogP contribution is -2.49. The Morgan fingerprint density at radius 1 is 1.56 bits per heavy atom. The van der Waals surface area contributed by atoms with Gasteiger partial charge in [0.15, 0.2) is 0 Å². The van der Waals surface area contributed by atoms with Gasteiger partial charge in [-0.3, -0.25) is 9.11 Å². The van der Waals surface area contributed by atoms with Gasteiger partial charge in [0.25, 0.3) is 0 Å². The lowest BCUT2D eigenvalue weighted by Gasteiger charge is -2.36. The van der Waals surface area contributed by atoms with Gasteiger partial charge < -0.3 is 4.42 Å². The molecule has 102 valence electrons. The molecule has 1 aromatic rings. The third kappa shape index (κ3) is 2.83. The molecule has 2 heterocycles. The molecule has 0 bridgehead atoms. The second-order valence-electron chi connectivity index (χ2n) is 5.31. The summed E-state index contributed by atoms with van der Waals surface area (Å²) in [6.45, 7) is 9.96. The van der Waals surface area contributed by atoms with Crippen molar-refractivity contribution < 1.29 is 8.63 Å². The minimum Gasteiger partial charge on any atom is -0.444 e. The van der Waals surface area contributed by atoms with E-state index >= 15 is 0 Å². The van der Waals surface area contributed by atoms with E-state index in [9.17, 15) is 4.21 Å². The number of aromatic nitrogens is 1. The highest BCUT2D eigenvalue weighted by Crippen LogP contribution is 2.20. The van der Waals surface area contributed by atoms with E-state index in [1.165, 1.54) is 0 Å². The van der Waals surface area contributed by atoms with E-state index in [2.05, 4.69) is 37.6 Å². The first kappa shape index (κ1) is 13.7. The van der Waals surface area contributed by atoms with Gasteiger partial charge >= 0.3 is 0 Å². The third-order valence-electron chi connectivity index (χ3n) is 3.73. The number of oxazole rings is 1. The summed E-state index contributed by atoms with van der Waals surface area (Å²) in [5, 5.41) is 0.221. The van der Waals surface area contributed by atoms with Crippen molar-refractivity contribution in [3.05, 3.63) is 17.8 Å². The van der Waals surface area contributed by atoms with Crippen LogP contribution >= 0.6 is 0 Å². The molecular weight excluding hydrogens is 248 g/mol. The van der Waals surface area contributed by atoms with Crippen molar-refractivity contribution in [3.8, 4) is 0 Å². The van der Waals surface area contributed by atoms with Crippen LogP contribution in [0.2, 0.25) is 0 Å². The zero-order valence-electron chi connectivity index (χ0n) is 11.5. The Balaban J connectivity index is 2.02.